The van der Waals surface area contributed by atoms with E-state index in [1.54, 1.807) is 13.0 Å². The fourth-order valence-corrected chi connectivity index (χ4v) is 3.19. The van der Waals surface area contributed by atoms with Crippen LogP contribution in [0.4, 0.5) is 4.39 Å². The van der Waals surface area contributed by atoms with Crippen molar-refractivity contribution in [2.45, 2.75) is 51.9 Å². The van der Waals surface area contributed by atoms with Gasteiger partial charge in [0.1, 0.15) is 0 Å². The van der Waals surface area contributed by atoms with E-state index in [0.29, 0.717) is 12.0 Å². The first-order chi connectivity index (χ1) is 11.6. The summed E-state index contributed by atoms with van der Waals surface area (Å²) < 4.78 is 19.4. The van der Waals surface area contributed by atoms with Gasteiger partial charge in [-0.2, -0.15) is 0 Å². The molecule has 0 spiro atoms. The van der Waals surface area contributed by atoms with Gasteiger partial charge < -0.3 is 4.74 Å². The number of hydrogen-bond donors (Lipinski definition) is 0. The lowest BCUT2D eigenvalue weighted by Gasteiger charge is -2.24. The molecular formula is C21H23FO2. The summed E-state index contributed by atoms with van der Waals surface area (Å²) in [5.74, 6) is -1.05. The molecule has 1 heterocycles. The average molecular weight is 326 g/mol. The Balaban J connectivity index is 1.77. The highest BCUT2D eigenvalue weighted by Gasteiger charge is 2.31. The molecule has 0 N–H and O–H groups in total. The minimum absolute atomic E-state index is 0.104. The molecule has 0 radical (unpaired) electrons. The number of ether oxygens (including phenoxy) is 1. The van der Waals surface area contributed by atoms with Gasteiger partial charge in [0.25, 0.3) is 0 Å². The summed E-state index contributed by atoms with van der Waals surface area (Å²) in [5.41, 5.74) is 3.48. The fraction of sp³-hybridized carbons (Fsp3) is 0.381. The lowest BCUT2D eigenvalue weighted by atomic mass is 9.88. The molecule has 24 heavy (non-hydrogen) atoms. The summed E-state index contributed by atoms with van der Waals surface area (Å²) in [7, 11) is 0. The van der Waals surface area contributed by atoms with Gasteiger partial charge in [-0.25, -0.2) is 4.39 Å². The second-order valence-corrected chi connectivity index (χ2v) is 6.56. The number of rotatable bonds is 5. The van der Waals surface area contributed by atoms with Crippen molar-refractivity contribution >= 4 is 5.97 Å². The normalized spacial score (nSPS) is 16.6. The third kappa shape index (κ3) is 3.35. The minimum atomic E-state index is -0.425. The van der Waals surface area contributed by atoms with E-state index in [9.17, 15) is 9.18 Å². The summed E-state index contributed by atoms with van der Waals surface area (Å²) in [6, 6.07) is 11.8. The summed E-state index contributed by atoms with van der Waals surface area (Å²) in [5, 5.41) is 0. The van der Waals surface area contributed by atoms with Crippen molar-refractivity contribution < 1.29 is 13.9 Å². The monoisotopic (exact) mass is 326 g/mol. The molecule has 126 valence electrons. The summed E-state index contributed by atoms with van der Waals surface area (Å²) in [6.07, 6.45) is 5.18. The first kappa shape index (κ1) is 16.7. The van der Waals surface area contributed by atoms with Crippen molar-refractivity contribution in [2.75, 3.05) is 0 Å². The molecule has 0 aromatic heterocycles. The van der Waals surface area contributed by atoms with Crippen molar-refractivity contribution in [2.24, 2.45) is 0 Å². The number of unbranched alkanes of at least 4 members (excludes halogenated alkanes) is 2. The highest BCUT2D eigenvalue weighted by atomic mass is 19.1. The number of carbonyl (C=O) groups excluding carboxylic acids is 1. The van der Waals surface area contributed by atoms with Gasteiger partial charge in [-0.1, -0.05) is 56.2 Å². The molecule has 0 bridgehead atoms. The molecular weight excluding hydrogens is 303 g/mol. The number of carbonyl (C=O) groups is 1. The zero-order chi connectivity index (χ0) is 17.1. The maximum atomic E-state index is 14.1. The number of hydrogen-bond acceptors (Lipinski definition) is 2. The Kier molecular flexibility index (Phi) is 4.98. The Bertz CT molecular complexity index is 734. The van der Waals surface area contributed by atoms with E-state index in [2.05, 4.69) is 19.1 Å². The molecule has 3 rings (SSSR count). The Morgan fingerprint density at radius 2 is 1.88 bits per heavy atom. The molecule has 0 saturated carbocycles. The maximum Gasteiger partial charge on any atom is 0.319 e. The first-order valence-electron chi connectivity index (χ1n) is 8.68. The molecule has 0 aliphatic carbocycles. The van der Waals surface area contributed by atoms with Crippen LogP contribution in [0.15, 0.2) is 36.4 Å². The van der Waals surface area contributed by atoms with E-state index >= 15 is 0 Å². The molecule has 2 aromatic rings. The maximum absolute atomic E-state index is 14.1. The Morgan fingerprint density at radius 1 is 1.12 bits per heavy atom. The first-order valence-corrected chi connectivity index (χ1v) is 8.68. The smallest absolute Gasteiger partial charge is 0.319 e. The third-order valence-electron chi connectivity index (χ3n) is 4.73. The number of esters is 1. The standard InChI is InChI=1S/C21H23FO2/c1-3-4-5-6-15-8-11-16(12-9-15)18-13-17-10-7-14(2)19(22)20(17)24-21(18)23/h7-12,18H,3-6,13H2,1-2H3. The highest BCUT2D eigenvalue weighted by molar-refractivity contribution is 5.83. The van der Waals surface area contributed by atoms with Crippen molar-refractivity contribution in [1.29, 1.82) is 0 Å². The average Bonchev–Trinajstić information content (AvgIpc) is 2.59. The number of halogens is 1. The van der Waals surface area contributed by atoms with Gasteiger partial charge in [0.15, 0.2) is 11.6 Å². The molecule has 1 unspecified atom stereocenters. The molecule has 3 heteroatoms. The van der Waals surface area contributed by atoms with Crippen LogP contribution in [0.2, 0.25) is 0 Å². The third-order valence-corrected chi connectivity index (χ3v) is 4.73. The Labute approximate surface area is 142 Å². The molecule has 1 aliphatic heterocycles. The summed E-state index contributed by atoms with van der Waals surface area (Å²) >= 11 is 0. The molecule has 1 atom stereocenters. The molecule has 2 aromatic carbocycles. The highest BCUT2D eigenvalue weighted by Crippen LogP contribution is 2.36. The lowest BCUT2D eigenvalue weighted by molar-refractivity contribution is -0.137. The van der Waals surface area contributed by atoms with Gasteiger partial charge >= 0.3 is 5.97 Å². The Morgan fingerprint density at radius 3 is 2.58 bits per heavy atom. The predicted molar refractivity (Wildman–Crippen MR) is 92.9 cm³/mol. The molecule has 0 saturated heterocycles. The van der Waals surface area contributed by atoms with E-state index in [1.165, 1.54) is 24.8 Å². The van der Waals surface area contributed by atoms with E-state index < -0.39 is 5.82 Å². The Hall–Kier alpha value is -2.16. The van der Waals surface area contributed by atoms with Crippen LogP contribution < -0.4 is 4.74 Å². The van der Waals surface area contributed by atoms with Crippen LogP contribution in [0.25, 0.3) is 0 Å². The van der Waals surface area contributed by atoms with E-state index in [-0.39, 0.29) is 17.6 Å². The fourth-order valence-electron chi connectivity index (χ4n) is 3.19. The van der Waals surface area contributed by atoms with Gasteiger partial charge in [0.05, 0.1) is 5.92 Å². The van der Waals surface area contributed by atoms with Gasteiger partial charge in [0.2, 0.25) is 0 Å². The molecule has 0 amide bonds. The SMILES string of the molecule is CCCCCc1ccc(C2Cc3ccc(C)c(F)c3OC2=O)cc1. The molecule has 1 aliphatic rings. The van der Waals surface area contributed by atoms with E-state index in [1.807, 2.05) is 18.2 Å². The van der Waals surface area contributed by atoms with Crippen LogP contribution >= 0.6 is 0 Å². The van der Waals surface area contributed by atoms with Crippen molar-refractivity contribution in [3.8, 4) is 5.75 Å². The number of benzene rings is 2. The van der Waals surface area contributed by atoms with Crippen LogP contribution in [0.5, 0.6) is 5.75 Å². The van der Waals surface area contributed by atoms with Crippen LogP contribution in [0, 0.1) is 12.7 Å². The van der Waals surface area contributed by atoms with Crippen LogP contribution in [0.1, 0.15) is 54.4 Å². The second-order valence-electron chi connectivity index (χ2n) is 6.56. The zero-order valence-corrected chi connectivity index (χ0v) is 14.3. The topological polar surface area (TPSA) is 26.3 Å². The van der Waals surface area contributed by atoms with Gasteiger partial charge in [-0.3, -0.25) is 4.79 Å². The largest absolute Gasteiger partial charge is 0.423 e. The molecule has 0 fully saturated rings. The van der Waals surface area contributed by atoms with Crippen molar-refractivity contribution in [3.63, 3.8) is 0 Å². The van der Waals surface area contributed by atoms with E-state index in [4.69, 9.17) is 4.74 Å². The van der Waals surface area contributed by atoms with Gasteiger partial charge in [-0.15, -0.1) is 0 Å². The summed E-state index contributed by atoms with van der Waals surface area (Å²) in [4.78, 5) is 12.3. The second kappa shape index (κ2) is 7.16. The van der Waals surface area contributed by atoms with Gasteiger partial charge in [0, 0.05) is 0 Å². The van der Waals surface area contributed by atoms with Crippen molar-refractivity contribution in [1.82, 2.24) is 0 Å². The summed E-state index contributed by atoms with van der Waals surface area (Å²) in [6.45, 7) is 3.87. The predicted octanol–water partition coefficient (Wildman–Crippen LogP) is 5.11. The van der Waals surface area contributed by atoms with Gasteiger partial charge in [-0.05, 0) is 48.4 Å². The minimum Gasteiger partial charge on any atom is -0.423 e. The van der Waals surface area contributed by atoms with E-state index in [0.717, 1.165) is 17.5 Å². The molecule has 2 nitrogen and oxygen atoms in total. The zero-order valence-electron chi connectivity index (χ0n) is 14.3. The number of fused-ring (bicyclic) bond motifs is 1. The van der Waals surface area contributed by atoms with Crippen molar-refractivity contribution in [3.05, 3.63) is 64.5 Å². The van der Waals surface area contributed by atoms with Crippen LogP contribution in [0.3, 0.4) is 0 Å². The quantitative estimate of drug-likeness (QED) is 0.433. The van der Waals surface area contributed by atoms with Crippen LogP contribution in [-0.2, 0) is 17.6 Å². The number of aryl methyl sites for hydroxylation is 2. The lowest BCUT2D eigenvalue weighted by Crippen LogP contribution is -2.26. The van der Waals surface area contributed by atoms with Crippen LogP contribution in [-0.4, -0.2) is 5.97 Å².